The number of nitrogens with zero attached hydrogens (tertiary/aromatic N) is 2. The van der Waals surface area contributed by atoms with Crippen LogP contribution in [0.1, 0.15) is 30.4 Å². The first kappa shape index (κ1) is 16.3. The Morgan fingerprint density at radius 3 is 2.38 bits per heavy atom. The first-order valence-electron chi connectivity index (χ1n) is 8.56. The Labute approximate surface area is 149 Å². The van der Waals surface area contributed by atoms with E-state index >= 15 is 0 Å². The molecule has 1 heterocycles. The summed E-state index contributed by atoms with van der Waals surface area (Å²) in [5, 5.41) is 14.6. The van der Waals surface area contributed by atoms with E-state index in [2.05, 4.69) is 5.32 Å². The molecule has 1 fully saturated rings. The normalized spacial score (nSPS) is 16.1. The number of anilines is 3. The van der Waals surface area contributed by atoms with E-state index in [0.717, 1.165) is 29.8 Å². The molecule has 0 unspecified atom stereocenters. The van der Waals surface area contributed by atoms with Crippen molar-refractivity contribution < 1.29 is 14.5 Å². The van der Waals surface area contributed by atoms with Crippen LogP contribution in [0.5, 0.6) is 0 Å². The second-order valence-corrected chi connectivity index (χ2v) is 6.54. The van der Waals surface area contributed by atoms with Gasteiger partial charge in [0.05, 0.1) is 10.6 Å². The summed E-state index contributed by atoms with van der Waals surface area (Å²) in [6.45, 7) is 0. The third kappa shape index (κ3) is 2.81. The Balaban J connectivity index is 1.67. The van der Waals surface area contributed by atoms with Gasteiger partial charge in [0, 0.05) is 24.6 Å². The van der Waals surface area contributed by atoms with Crippen molar-refractivity contribution >= 4 is 34.6 Å². The van der Waals surface area contributed by atoms with Crippen LogP contribution in [0, 0.1) is 10.1 Å². The summed E-state index contributed by atoms with van der Waals surface area (Å²) in [5.74, 6) is -0.660. The highest BCUT2D eigenvalue weighted by molar-refractivity contribution is 6.20. The average molecular weight is 351 g/mol. The predicted octanol–water partition coefficient (Wildman–Crippen LogP) is 3.48. The summed E-state index contributed by atoms with van der Waals surface area (Å²) in [7, 11) is 0. The van der Waals surface area contributed by atoms with Crippen molar-refractivity contribution in [3.05, 3.63) is 57.6 Å². The number of imide groups is 1. The van der Waals surface area contributed by atoms with Crippen molar-refractivity contribution in [2.24, 2.45) is 0 Å². The van der Waals surface area contributed by atoms with Crippen LogP contribution in [0.3, 0.4) is 0 Å². The molecule has 4 rings (SSSR count). The molecule has 0 atom stereocenters. The monoisotopic (exact) mass is 351 g/mol. The van der Waals surface area contributed by atoms with Crippen molar-refractivity contribution in [1.29, 1.82) is 0 Å². The minimum Gasteiger partial charge on any atom is -0.350 e. The molecule has 1 N–H and O–H groups in total. The van der Waals surface area contributed by atoms with E-state index in [9.17, 15) is 19.7 Å². The third-order valence-electron chi connectivity index (χ3n) is 4.87. The summed E-state index contributed by atoms with van der Waals surface area (Å²) < 4.78 is 0. The van der Waals surface area contributed by atoms with Gasteiger partial charge in [-0.25, -0.2) is 0 Å². The van der Waals surface area contributed by atoms with Crippen LogP contribution in [0.4, 0.5) is 22.7 Å². The van der Waals surface area contributed by atoms with Gasteiger partial charge in [0.15, 0.2) is 0 Å². The fraction of sp³-hybridized carbons (Fsp3) is 0.263. The number of nitro groups is 1. The van der Waals surface area contributed by atoms with Crippen LogP contribution < -0.4 is 10.2 Å². The topological polar surface area (TPSA) is 92.6 Å². The Kier molecular flexibility index (Phi) is 3.91. The molecule has 1 saturated heterocycles. The van der Waals surface area contributed by atoms with E-state index in [-0.39, 0.29) is 36.0 Å². The average Bonchev–Trinajstić information content (AvgIpc) is 3.21. The SMILES string of the molecule is O=C1CCC(=O)N1c1ccc(Nc2ccc3c(c2)CCC3)c([N+](=O)[O-])c1. The van der Waals surface area contributed by atoms with E-state index in [1.807, 2.05) is 18.2 Å². The van der Waals surface area contributed by atoms with Gasteiger partial charge in [-0.1, -0.05) is 6.07 Å². The zero-order valence-corrected chi connectivity index (χ0v) is 14.0. The van der Waals surface area contributed by atoms with Crippen LogP contribution in [0.25, 0.3) is 0 Å². The summed E-state index contributed by atoms with van der Waals surface area (Å²) in [4.78, 5) is 35.8. The number of benzene rings is 2. The molecule has 2 aromatic rings. The first-order chi connectivity index (χ1) is 12.5. The molecule has 2 aliphatic rings. The Hall–Kier alpha value is -3.22. The molecule has 1 aliphatic carbocycles. The van der Waals surface area contributed by atoms with E-state index in [1.54, 1.807) is 12.1 Å². The Morgan fingerprint density at radius 1 is 0.923 bits per heavy atom. The molecule has 132 valence electrons. The van der Waals surface area contributed by atoms with Crippen molar-refractivity contribution in [2.45, 2.75) is 32.1 Å². The van der Waals surface area contributed by atoms with E-state index < -0.39 is 4.92 Å². The van der Waals surface area contributed by atoms with Crippen molar-refractivity contribution in [3.63, 3.8) is 0 Å². The van der Waals surface area contributed by atoms with Gasteiger partial charge in [-0.3, -0.25) is 24.6 Å². The number of fused-ring (bicyclic) bond motifs is 1. The molecule has 0 bridgehead atoms. The lowest BCUT2D eigenvalue weighted by Gasteiger charge is -2.15. The summed E-state index contributed by atoms with van der Waals surface area (Å²) >= 11 is 0. The largest absolute Gasteiger partial charge is 0.350 e. The highest BCUT2D eigenvalue weighted by Crippen LogP contribution is 2.34. The number of nitrogens with one attached hydrogen (secondary N) is 1. The highest BCUT2D eigenvalue weighted by atomic mass is 16.6. The molecular formula is C19H17N3O4. The van der Waals surface area contributed by atoms with Crippen molar-refractivity contribution in [3.8, 4) is 0 Å². The van der Waals surface area contributed by atoms with Crippen LogP contribution in [-0.2, 0) is 22.4 Å². The quantitative estimate of drug-likeness (QED) is 0.517. The Morgan fingerprint density at radius 2 is 1.65 bits per heavy atom. The number of carbonyl (C=O) groups excluding carboxylic acids is 2. The smallest absolute Gasteiger partial charge is 0.294 e. The van der Waals surface area contributed by atoms with Gasteiger partial charge in [-0.15, -0.1) is 0 Å². The molecule has 7 nitrogen and oxygen atoms in total. The Bertz CT molecular complexity index is 922. The fourth-order valence-corrected chi connectivity index (χ4v) is 3.59. The third-order valence-corrected chi connectivity index (χ3v) is 4.87. The molecular weight excluding hydrogens is 334 g/mol. The molecule has 0 aromatic heterocycles. The molecule has 2 aromatic carbocycles. The van der Waals surface area contributed by atoms with Crippen LogP contribution in [0.2, 0.25) is 0 Å². The molecule has 26 heavy (non-hydrogen) atoms. The maximum absolute atomic E-state index is 11.9. The standard InChI is InChI=1S/C19H17N3O4/c23-18-8-9-19(24)21(18)15-6-7-16(17(11-15)22(25)26)20-14-5-4-12-2-1-3-13(12)10-14/h4-7,10-11,20H,1-3,8-9H2. The molecule has 1 aliphatic heterocycles. The van der Waals surface area contributed by atoms with Crippen LogP contribution in [0.15, 0.2) is 36.4 Å². The van der Waals surface area contributed by atoms with Gasteiger partial charge in [-0.05, 0) is 54.7 Å². The first-order valence-corrected chi connectivity index (χ1v) is 8.56. The minimum atomic E-state index is -0.510. The van der Waals surface area contributed by atoms with Gasteiger partial charge in [0.2, 0.25) is 11.8 Å². The summed E-state index contributed by atoms with van der Waals surface area (Å²) in [6, 6.07) is 10.4. The number of nitro benzene ring substituents is 1. The van der Waals surface area contributed by atoms with Crippen LogP contribution in [-0.4, -0.2) is 16.7 Å². The van der Waals surface area contributed by atoms with E-state index in [1.165, 1.54) is 17.2 Å². The maximum Gasteiger partial charge on any atom is 0.294 e. The second-order valence-electron chi connectivity index (χ2n) is 6.54. The van der Waals surface area contributed by atoms with Gasteiger partial charge in [0.25, 0.3) is 5.69 Å². The zero-order chi connectivity index (χ0) is 18.3. The predicted molar refractivity (Wildman–Crippen MR) is 96.6 cm³/mol. The lowest BCUT2D eigenvalue weighted by molar-refractivity contribution is -0.383. The van der Waals surface area contributed by atoms with Gasteiger partial charge in [0.1, 0.15) is 5.69 Å². The zero-order valence-electron chi connectivity index (χ0n) is 14.0. The van der Waals surface area contributed by atoms with Gasteiger partial charge >= 0.3 is 0 Å². The van der Waals surface area contributed by atoms with E-state index in [0.29, 0.717) is 5.69 Å². The maximum atomic E-state index is 11.9. The van der Waals surface area contributed by atoms with Crippen LogP contribution >= 0.6 is 0 Å². The van der Waals surface area contributed by atoms with Crippen molar-refractivity contribution in [2.75, 3.05) is 10.2 Å². The van der Waals surface area contributed by atoms with E-state index in [4.69, 9.17) is 0 Å². The van der Waals surface area contributed by atoms with Gasteiger partial charge < -0.3 is 5.32 Å². The lowest BCUT2D eigenvalue weighted by Crippen LogP contribution is -2.28. The molecule has 0 radical (unpaired) electrons. The summed E-state index contributed by atoms with van der Waals surface area (Å²) in [5.41, 5.74) is 3.78. The molecule has 7 heteroatoms. The molecule has 2 amide bonds. The number of carbonyl (C=O) groups is 2. The molecule has 0 spiro atoms. The number of amides is 2. The lowest BCUT2D eigenvalue weighted by atomic mass is 10.1. The van der Waals surface area contributed by atoms with Gasteiger partial charge in [-0.2, -0.15) is 0 Å². The number of aryl methyl sites for hydroxylation is 2. The minimum absolute atomic E-state index is 0.141. The highest BCUT2D eigenvalue weighted by Gasteiger charge is 2.31. The fourth-order valence-electron chi connectivity index (χ4n) is 3.59. The summed E-state index contributed by atoms with van der Waals surface area (Å²) in [6.07, 6.45) is 3.50. The number of hydrogen-bond acceptors (Lipinski definition) is 5. The number of hydrogen-bond donors (Lipinski definition) is 1. The van der Waals surface area contributed by atoms with Crippen molar-refractivity contribution in [1.82, 2.24) is 0 Å². The second kappa shape index (κ2) is 6.25. The molecule has 0 saturated carbocycles. The number of rotatable bonds is 4.